The van der Waals surface area contributed by atoms with E-state index in [1.807, 2.05) is 35.0 Å². The van der Waals surface area contributed by atoms with Crippen LogP contribution in [-0.2, 0) is 22.7 Å². The summed E-state index contributed by atoms with van der Waals surface area (Å²) in [4.78, 5) is 20.1. The smallest absolute Gasteiger partial charge is 0.246 e. The van der Waals surface area contributed by atoms with Gasteiger partial charge in [0.25, 0.3) is 0 Å². The van der Waals surface area contributed by atoms with Gasteiger partial charge in [-0.3, -0.25) is 4.79 Å². The zero-order valence-corrected chi connectivity index (χ0v) is 12.8. The minimum absolute atomic E-state index is 0.0415. The fourth-order valence-corrected chi connectivity index (χ4v) is 2.91. The number of ether oxygens (including phenoxy) is 1. The van der Waals surface area contributed by atoms with E-state index in [1.54, 1.807) is 23.9 Å². The molecule has 22 heavy (non-hydrogen) atoms. The lowest BCUT2D eigenvalue weighted by Crippen LogP contribution is -2.30. The maximum Gasteiger partial charge on any atom is 0.246 e. The number of carbonyl (C=O) groups is 1. The number of nitrogens with one attached hydrogen (secondary N) is 1. The number of hydrogen-bond acceptors (Lipinski definition) is 5. The van der Waals surface area contributed by atoms with Gasteiger partial charge in [-0.15, -0.1) is 11.3 Å². The van der Waals surface area contributed by atoms with E-state index < -0.39 is 0 Å². The fraction of sp³-hybridized carbons (Fsp3) is 0.267. The van der Waals surface area contributed by atoms with Crippen LogP contribution in [0.2, 0.25) is 0 Å². The molecule has 1 aromatic carbocycles. The molecule has 0 saturated carbocycles. The van der Waals surface area contributed by atoms with Crippen LogP contribution in [0.3, 0.4) is 0 Å². The Bertz CT molecular complexity index is 706. The summed E-state index contributed by atoms with van der Waals surface area (Å²) < 4.78 is 8.45. The van der Waals surface area contributed by atoms with Crippen molar-refractivity contribution in [1.82, 2.24) is 19.9 Å². The number of carbonyl (C=O) groups excluding carboxylic acids is 1. The molecule has 1 amide bonds. The average molecular weight is 316 g/mol. The molecular formula is C15H16N4O2S. The summed E-state index contributed by atoms with van der Waals surface area (Å²) in [6, 6.07) is 7.94. The summed E-state index contributed by atoms with van der Waals surface area (Å²) in [6.45, 7) is 1.65. The van der Waals surface area contributed by atoms with Crippen LogP contribution in [0, 0.1) is 0 Å². The molecule has 3 rings (SSSR count). The third kappa shape index (κ3) is 3.90. The van der Waals surface area contributed by atoms with Crippen LogP contribution in [0.1, 0.15) is 5.01 Å². The van der Waals surface area contributed by atoms with Gasteiger partial charge in [0.2, 0.25) is 5.91 Å². The zero-order chi connectivity index (χ0) is 15.2. The first-order chi connectivity index (χ1) is 10.8. The van der Waals surface area contributed by atoms with Crippen molar-refractivity contribution in [1.29, 1.82) is 0 Å². The Balaban J connectivity index is 1.38. The molecule has 0 unspecified atom stereocenters. The standard InChI is InChI=1S/C15H16N4O2S/c20-14(17-6-8-19-7-5-16-11-19)9-21-10-15-18-12-3-1-2-4-13(12)22-15/h1-5,7,11H,6,8-10H2,(H,17,20). The van der Waals surface area contributed by atoms with E-state index in [1.165, 1.54) is 0 Å². The largest absolute Gasteiger partial charge is 0.364 e. The quantitative estimate of drug-likeness (QED) is 0.722. The van der Waals surface area contributed by atoms with E-state index in [2.05, 4.69) is 15.3 Å². The molecule has 0 spiro atoms. The highest BCUT2D eigenvalue weighted by Crippen LogP contribution is 2.21. The predicted molar refractivity (Wildman–Crippen MR) is 84.5 cm³/mol. The highest BCUT2D eigenvalue weighted by molar-refractivity contribution is 7.18. The number of rotatable bonds is 7. The number of benzene rings is 1. The Labute approximate surface area is 131 Å². The van der Waals surface area contributed by atoms with E-state index in [0.29, 0.717) is 19.7 Å². The Kier molecular flexibility index (Phi) is 4.77. The molecule has 0 bridgehead atoms. The lowest BCUT2D eigenvalue weighted by molar-refractivity contribution is -0.126. The summed E-state index contributed by atoms with van der Waals surface area (Å²) in [6.07, 6.45) is 5.29. The molecule has 0 aliphatic carbocycles. The van der Waals surface area contributed by atoms with E-state index in [9.17, 15) is 4.79 Å². The molecule has 2 heterocycles. The fourth-order valence-electron chi connectivity index (χ4n) is 2.01. The van der Waals surface area contributed by atoms with Crippen molar-refractivity contribution >= 4 is 27.5 Å². The van der Waals surface area contributed by atoms with Gasteiger partial charge in [-0.25, -0.2) is 9.97 Å². The van der Waals surface area contributed by atoms with Crippen LogP contribution in [0.5, 0.6) is 0 Å². The maximum atomic E-state index is 11.7. The van der Waals surface area contributed by atoms with Gasteiger partial charge in [-0.05, 0) is 12.1 Å². The van der Waals surface area contributed by atoms with Crippen molar-refractivity contribution in [2.75, 3.05) is 13.2 Å². The van der Waals surface area contributed by atoms with E-state index in [0.717, 1.165) is 15.2 Å². The molecule has 2 aromatic heterocycles. The number of thiazole rings is 1. The van der Waals surface area contributed by atoms with Crippen molar-refractivity contribution in [3.8, 4) is 0 Å². The molecule has 0 atom stereocenters. The SMILES string of the molecule is O=C(COCc1nc2ccccc2s1)NCCn1ccnc1. The zero-order valence-electron chi connectivity index (χ0n) is 11.9. The summed E-state index contributed by atoms with van der Waals surface area (Å²) in [5.74, 6) is -0.124. The minimum Gasteiger partial charge on any atom is -0.364 e. The molecule has 3 aromatic rings. The second kappa shape index (κ2) is 7.15. The number of nitrogens with zero attached hydrogens (tertiary/aromatic N) is 3. The molecular weight excluding hydrogens is 300 g/mol. The van der Waals surface area contributed by atoms with Crippen molar-refractivity contribution in [3.63, 3.8) is 0 Å². The van der Waals surface area contributed by atoms with Crippen LogP contribution in [-0.4, -0.2) is 33.6 Å². The van der Waals surface area contributed by atoms with Crippen molar-refractivity contribution < 1.29 is 9.53 Å². The van der Waals surface area contributed by atoms with Gasteiger partial charge in [-0.2, -0.15) is 0 Å². The Morgan fingerprint density at radius 3 is 3.09 bits per heavy atom. The van der Waals surface area contributed by atoms with E-state index in [-0.39, 0.29) is 12.5 Å². The van der Waals surface area contributed by atoms with Gasteiger partial charge in [0.1, 0.15) is 11.6 Å². The third-order valence-corrected chi connectivity index (χ3v) is 4.06. The molecule has 0 radical (unpaired) electrons. The first-order valence-electron chi connectivity index (χ1n) is 6.96. The van der Waals surface area contributed by atoms with Crippen molar-refractivity contribution in [2.24, 2.45) is 0 Å². The van der Waals surface area contributed by atoms with Gasteiger partial charge in [-0.1, -0.05) is 12.1 Å². The van der Waals surface area contributed by atoms with Crippen molar-refractivity contribution in [2.45, 2.75) is 13.2 Å². The molecule has 6 nitrogen and oxygen atoms in total. The summed E-state index contributed by atoms with van der Waals surface area (Å²) >= 11 is 1.59. The Morgan fingerprint density at radius 2 is 2.27 bits per heavy atom. The molecule has 114 valence electrons. The summed E-state index contributed by atoms with van der Waals surface area (Å²) in [5, 5.41) is 3.69. The number of fused-ring (bicyclic) bond motifs is 1. The molecule has 0 aliphatic heterocycles. The molecule has 7 heteroatoms. The third-order valence-electron chi connectivity index (χ3n) is 3.05. The molecule has 0 saturated heterocycles. The predicted octanol–water partition coefficient (Wildman–Crippen LogP) is 1.83. The maximum absolute atomic E-state index is 11.7. The number of imidazole rings is 1. The number of para-hydroxylation sites is 1. The highest BCUT2D eigenvalue weighted by atomic mass is 32.1. The first kappa shape index (κ1) is 14.7. The normalized spacial score (nSPS) is 10.9. The topological polar surface area (TPSA) is 69.0 Å². The van der Waals surface area contributed by atoms with Crippen LogP contribution in [0.15, 0.2) is 43.0 Å². The van der Waals surface area contributed by atoms with Crippen LogP contribution in [0.4, 0.5) is 0 Å². The lowest BCUT2D eigenvalue weighted by atomic mass is 10.3. The number of aromatic nitrogens is 3. The van der Waals surface area contributed by atoms with Crippen molar-refractivity contribution in [3.05, 3.63) is 48.0 Å². The van der Waals surface area contributed by atoms with Gasteiger partial charge in [0.15, 0.2) is 0 Å². The van der Waals surface area contributed by atoms with Gasteiger partial charge in [0, 0.05) is 25.5 Å². The molecule has 1 N–H and O–H groups in total. The minimum atomic E-state index is -0.124. The summed E-state index contributed by atoms with van der Waals surface area (Å²) in [7, 11) is 0. The molecule has 0 aliphatic rings. The lowest BCUT2D eigenvalue weighted by Gasteiger charge is -2.05. The first-order valence-corrected chi connectivity index (χ1v) is 7.77. The van der Waals surface area contributed by atoms with Gasteiger partial charge in [0.05, 0.1) is 23.2 Å². The van der Waals surface area contributed by atoms with Gasteiger partial charge >= 0.3 is 0 Å². The van der Waals surface area contributed by atoms with Crippen LogP contribution >= 0.6 is 11.3 Å². The van der Waals surface area contributed by atoms with Gasteiger partial charge < -0.3 is 14.6 Å². The second-order valence-electron chi connectivity index (χ2n) is 4.72. The highest BCUT2D eigenvalue weighted by Gasteiger charge is 2.05. The van der Waals surface area contributed by atoms with E-state index >= 15 is 0 Å². The average Bonchev–Trinajstić information content (AvgIpc) is 3.15. The number of amides is 1. The number of hydrogen-bond donors (Lipinski definition) is 1. The Hall–Kier alpha value is -2.25. The second-order valence-corrected chi connectivity index (χ2v) is 5.83. The van der Waals surface area contributed by atoms with Crippen LogP contribution in [0.25, 0.3) is 10.2 Å². The van der Waals surface area contributed by atoms with E-state index in [4.69, 9.17) is 4.74 Å². The monoisotopic (exact) mass is 316 g/mol. The Morgan fingerprint density at radius 1 is 1.36 bits per heavy atom. The van der Waals surface area contributed by atoms with Crippen LogP contribution < -0.4 is 5.32 Å². The molecule has 0 fully saturated rings. The summed E-state index contributed by atoms with van der Waals surface area (Å²) in [5.41, 5.74) is 0.968.